The van der Waals surface area contributed by atoms with Crippen LogP contribution in [0.2, 0.25) is 0 Å². The number of methoxy groups -OCH3 is 1. The summed E-state index contributed by atoms with van der Waals surface area (Å²) in [5, 5.41) is 8.75. The van der Waals surface area contributed by atoms with Crippen LogP contribution in [0.5, 0.6) is 5.75 Å². The van der Waals surface area contributed by atoms with Crippen LogP contribution >= 0.6 is 0 Å². The fourth-order valence-corrected chi connectivity index (χ4v) is 1.11. The molecule has 3 nitrogen and oxygen atoms in total. The van der Waals surface area contributed by atoms with E-state index in [-0.39, 0.29) is 0 Å². The van der Waals surface area contributed by atoms with Gasteiger partial charge in [-0.25, -0.2) is 0 Å². The minimum atomic E-state index is 0.502. The summed E-state index contributed by atoms with van der Waals surface area (Å²) in [6, 6.07) is 7.45. The van der Waals surface area contributed by atoms with E-state index in [0.717, 1.165) is 5.56 Å². The van der Waals surface area contributed by atoms with E-state index in [1.807, 2.05) is 24.3 Å². The third-order valence-electron chi connectivity index (χ3n) is 1.79. The summed E-state index contributed by atoms with van der Waals surface area (Å²) in [5.41, 5.74) is 6.85. The molecule has 2 N–H and O–H groups in total. The highest BCUT2D eigenvalue weighted by molar-refractivity contribution is 5.56. The summed E-state index contributed by atoms with van der Waals surface area (Å²) in [5.74, 6) is 0.590. The largest absolute Gasteiger partial charge is 0.495 e. The number of ether oxygens (including phenoxy) is 1. The molecule has 0 atom stereocenters. The van der Waals surface area contributed by atoms with Gasteiger partial charge in [0.25, 0.3) is 0 Å². The van der Waals surface area contributed by atoms with Crippen molar-refractivity contribution in [1.29, 1.82) is 5.26 Å². The van der Waals surface area contributed by atoms with E-state index in [1.165, 1.54) is 0 Å². The van der Waals surface area contributed by atoms with Gasteiger partial charge in [-0.3, -0.25) is 0 Å². The normalized spacial score (nSPS) is 10.1. The molecule has 0 spiro atoms. The van der Waals surface area contributed by atoms with Gasteiger partial charge in [0.1, 0.15) is 11.8 Å². The predicted molar refractivity (Wildman–Crippen MR) is 55.8 cm³/mol. The molecule has 14 heavy (non-hydrogen) atoms. The smallest absolute Gasteiger partial charge is 0.137 e. The standard InChI is InChI=1S/C11H12N2O/c1-14-11-7-9(3-2-6-12)4-5-10(11)8-13/h2-5,7H,6,12H2,1H3. The molecular formula is C11H12N2O. The lowest BCUT2D eigenvalue weighted by molar-refractivity contribution is 0.413. The van der Waals surface area contributed by atoms with Gasteiger partial charge < -0.3 is 10.5 Å². The Morgan fingerprint density at radius 1 is 1.57 bits per heavy atom. The molecule has 0 aliphatic heterocycles. The van der Waals surface area contributed by atoms with Crippen molar-refractivity contribution >= 4 is 6.08 Å². The average Bonchev–Trinajstić information content (AvgIpc) is 2.25. The molecule has 1 aromatic carbocycles. The Labute approximate surface area is 83.4 Å². The van der Waals surface area contributed by atoms with Crippen molar-refractivity contribution in [2.24, 2.45) is 5.73 Å². The Morgan fingerprint density at radius 3 is 2.93 bits per heavy atom. The zero-order valence-electron chi connectivity index (χ0n) is 8.03. The summed E-state index contributed by atoms with van der Waals surface area (Å²) in [6.07, 6.45) is 3.74. The molecule has 0 heterocycles. The van der Waals surface area contributed by atoms with Crippen molar-refractivity contribution in [3.8, 4) is 11.8 Å². The maximum atomic E-state index is 8.75. The number of hydrogen-bond donors (Lipinski definition) is 1. The van der Waals surface area contributed by atoms with Crippen molar-refractivity contribution in [2.75, 3.05) is 13.7 Å². The first-order valence-corrected chi connectivity index (χ1v) is 4.26. The highest BCUT2D eigenvalue weighted by Gasteiger charge is 2.01. The lowest BCUT2D eigenvalue weighted by Crippen LogP contribution is -1.92. The summed E-state index contributed by atoms with van der Waals surface area (Å²) in [7, 11) is 1.55. The van der Waals surface area contributed by atoms with Crippen molar-refractivity contribution in [2.45, 2.75) is 0 Å². The van der Waals surface area contributed by atoms with Crippen LogP contribution in [0.25, 0.3) is 6.08 Å². The van der Waals surface area contributed by atoms with Crippen LogP contribution in [0, 0.1) is 11.3 Å². The van der Waals surface area contributed by atoms with Crippen molar-refractivity contribution in [1.82, 2.24) is 0 Å². The zero-order chi connectivity index (χ0) is 10.4. The zero-order valence-corrected chi connectivity index (χ0v) is 8.03. The Balaban J connectivity index is 3.03. The van der Waals surface area contributed by atoms with Crippen LogP contribution in [0.1, 0.15) is 11.1 Å². The van der Waals surface area contributed by atoms with Gasteiger partial charge in [0.15, 0.2) is 0 Å². The number of benzene rings is 1. The molecule has 72 valence electrons. The topological polar surface area (TPSA) is 59.0 Å². The summed E-state index contributed by atoms with van der Waals surface area (Å²) in [4.78, 5) is 0. The molecule has 3 heteroatoms. The second-order valence-electron chi connectivity index (χ2n) is 2.71. The fourth-order valence-electron chi connectivity index (χ4n) is 1.11. The summed E-state index contributed by atoms with van der Waals surface area (Å²) in [6.45, 7) is 0.502. The third kappa shape index (κ3) is 2.35. The number of nitrogens with zero attached hydrogens (tertiary/aromatic N) is 1. The molecule has 0 saturated heterocycles. The monoisotopic (exact) mass is 188 g/mol. The number of nitriles is 1. The Hall–Kier alpha value is -1.79. The summed E-state index contributed by atoms with van der Waals surface area (Å²) < 4.78 is 5.07. The second kappa shape index (κ2) is 5.05. The number of rotatable bonds is 3. The Kier molecular flexibility index (Phi) is 3.71. The van der Waals surface area contributed by atoms with Gasteiger partial charge in [0.05, 0.1) is 12.7 Å². The Morgan fingerprint density at radius 2 is 2.36 bits per heavy atom. The fraction of sp³-hybridized carbons (Fsp3) is 0.182. The minimum Gasteiger partial charge on any atom is -0.495 e. The van der Waals surface area contributed by atoms with E-state index in [0.29, 0.717) is 17.9 Å². The molecule has 0 saturated carbocycles. The van der Waals surface area contributed by atoms with Gasteiger partial charge in [-0.05, 0) is 17.7 Å². The lowest BCUT2D eigenvalue weighted by Gasteiger charge is -2.02. The van der Waals surface area contributed by atoms with E-state index in [1.54, 1.807) is 13.2 Å². The van der Waals surface area contributed by atoms with Crippen LogP contribution < -0.4 is 10.5 Å². The van der Waals surface area contributed by atoms with Gasteiger partial charge in [-0.2, -0.15) is 5.26 Å². The Bertz CT molecular complexity index is 377. The molecule has 0 aliphatic rings. The quantitative estimate of drug-likeness (QED) is 0.782. The lowest BCUT2D eigenvalue weighted by atomic mass is 10.1. The number of nitrogens with two attached hydrogens (primary N) is 1. The first-order valence-electron chi connectivity index (χ1n) is 4.26. The first-order chi connectivity index (χ1) is 6.81. The van der Waals surface area contributed by atoms with Gasteiger partial charge >= 0.3 is 0 Å². The molecule has 0 aliphatic carbocycles. The van der Waals surface area contributed by atoms with E-state index in [9.17, 15) is 0 Å². The summed E-state index contributed by atoms with van der Waals surface area (Å²) >= 11 is 0. The molecule has 0 unspecified atom stereocenters. The van der Waals surface area contributed by atoms with Gasteiger partial charge in [0, 0.05) is 6.54 Å². The predicted octanol–water partition coefficient (Wildman–Crippen LogP) is 1.54. The van der Waals surface area contributed by atoms with Gasteiger partial charge in [0.2, 0.25) is 0 Å². The van der Waals surface area contributed by atoms with Crippen LogP contribution in [-0.2, 0) is 0 Å². The number of hydrogen-bond acceptors (Lipinski definition) is 3. The molecule has 0 bridgehead atoms. The van der Waals surface area contributed by atoms with Crippen LogP contribution in [-0.4, -0.2) is 13.7 Å². The maximum absolute atomic E-state index is 8.75. The molecule has 1 aromatic rings. The molecule has 0 aromatic heterocycles. The molecule has 0 fully saturated rings. The van der Waals surface area contributed by atoms with E-state index < -0.39 is 0 Å². The third-order valence-corrected chi connectivity index (χ3v) is 1.79. The molecule has 1 rings (SSSR count). The van der Waals surface area contributed by atoms with Crippen LogP contribution in [0.4, 0.5) is 0 Å². The maximum Gasteiger partial charge on any atom is 0.137 e. The molecular weight excluding hydrogens is 176 g/mol. The highest BCUT2D eigenvalue weighted by Crippen LogP contribution is 2.19. The SMILES string of the molecule is COc1cc(C=CCN)ccc1C#N. The first kappa shape index (κ1) is 10.3. The van der Waals surface area contributed by atoms with Crippen LogP contribution in [0.3, 0.4) is 0 Å². The van der Waals surface area contributed by atoms with Crippen molar-refractivity contribution in [3.05, 3.63) is 35.4 Å². The van der Waals surface area contributed by atoms with E-state index in [4.69, 9.17) is 15.7 Å². The minimum absolute atomic E-state index is 0.502. The van der Waals surface area contributed by atoms with Gasteiger partial charge in [-0.15, -0.1) is 0 Å². The van der Waals surface area contributed by atoms with Crippen LogP contribution in [0.15, 0.2) is 24.3 Å². The van der Waals surface area contributed by atoms with Crippen molar-refractivity contribution in [3.63, 3.8) is 0 Å². The van der Waals surface area contributed by atoms with E-state index >= 15 is 0 Å². The van der Waals surface area contributed by atoms with Crippen molar-refractivity contribution < 1.29 is 4.74 Å². The second-order valence-corrected chi connectivity index (χ2v) is 2.71. The van der Waals surface area contributed by atoms with E-state index in [2.05, 4.69) is 6.07 Å². The van der Waals surface area contributed by atoms with Gasteiger partial charge in [-0.1, -0.05) is 18.2 Å². The average molecular weight is 188 g/mol. The molecule has 0 amide bonds. The molecule has 0 radical (unpaired) electrons. The highest BCUT2D eigenvalue weighted by atomic mass is 16.5.